The van der Waals surface area contributed by atoms with Gasteiger partial charge in [-0.2, -0.15) is 0 Å². The van der Waals surface area contributed by atoms with Crippen molar-refractivity contribution in [2.24, 2.45) is 0 Å². The number of halogens is 1. The zero-order valence-corrected chi connectivity index (χ0v) is 24.6. The van der Waals surface area contributed by atoms with Gasteiger partial charge in [-0.15, -0.1) is 0 Å². The first-order valence-electron chi connectivity index (χ1n) is 14.4. The van der Waals surface area contributed by atoms with Gasteiger partial charge in [0.25, 0.3) is 15.9 Å². The summed E-state index contributed by atoms with van der Waals surface area (Å²) in [6.07, 6.45) is 13.8. The highest BCUT2D eigenvalue weighted by Crippen LogP contribution is 2.40. The number of carbonyl (C=O) groups is 1. The first kappa shape index (κ1) is 31.2. The van der Waals surface area contributed by atoms with Crippen LogP contribution in [0.3, 0.4) is 0 Å². The van der Waals surface area contributed by atoms with E-state index >= 15 is 0 Å². The molecule has 0 heterocycles. The Balaban J connectivity index is 1.48. The van der Waals surface area contributed by atoms with Crippen LogP contribution in [0.2, 0.25) is 5.02 Å². The number of phenols is 1. The van der Waals surface area contributed by atoms with Gasteiger partial charge in [0.2, 0.25) is 0 Å². The fourth-order valence-electron chi connectivity index (χ4n) is 4.98. The van der Waals surface area contributed by atoms with Crippen LogP contribution in [0, 0.1) is 0 Å². The van der Waals surface area contributed by atoms with Gasteiger partial charge in [0.05, 0.1) is 16.3 Å². The van der Waals surface area contributed by atoms with Crippen LogP contribution in [0.25, 0.3) is 0 Å². The van der Waals surface area contributed by atoms with Gasteiger partial charge in [-0.05, 0) is 62.3 Å². The minimum atomic E-state index is -4.09. The Morgan fingerprint density at radius 2 is 1.59 bits per heavy atom. The van der Waals surface area contributed by atoms with Crippen molar-refractivity contribution in [2.75, 3.05) is 24.5 Å². The molecule has 0 atom stereocenters. The number of nitrogens with one attached hydrogen (secondary N) is 2. The molecule has 3 N–H and O–H groups in total. The van der Waals surface area contributed by atoms with E-state index in [0.29, 0.717) is 43.7 Å². The van der Waals surface area contributed by atoms with E-state index in [1.165, 1.54) is 63.1 Å². The lowest BCUT2D eigenvalue weighted by Gasteiger charge is -2.22. The molecule has 0 aromatic heterocycles. The Morgan fingerprint density at radius 1 is 0.949 bits per heavy atom. The Labute approximate surface area is 238 Å². The number of sulfonamides is 1. The van der Waals surface area contributed by atoms with Crippen molar-refractivity contribution in [1.29, 1.82) is 0 Å². The highest BCUT2D eigenvalue weighted by atomic mass is 35.5. The number of fused-ring (bicyclic) bond motifs is 1. The molecule has 1 aliphatic rings. The average Bonchev–Trinajstić information content (AvgIpc) is 2.94. The lowest BCUT2D eigenvalue weighted by Crippen LogP contribution is -2.28. The van der Waals surface area contributed by atoms with Crippen LogP contribution in [0.5, 0.6) is 5.75 Å². The maximum atomic E-state index is 13.4. The number of phenolic OH excluding ortho intramolecular Hbond substituents is 1. The van der Waals surface area contributed by atoms with Gasteiger partial charge in [0.1, 0.15) is 10.6 Å². The number of hydrogen-bond acceptors (Lipinski definition) is 5. The monoisotopic (exact) mass is 578 g/mol. The number of aromatic hydroxyl groups is 1. The third kappa shape index (κ3) is 9.40. The molecule has 39 heavy (non-hydrogen) atoms. The molecule has 2 aromatic carbocycles. The van der Waals surface area contributed by atoms with E-state index in [2.05, 4.69) is 17.0 Å². The summed E-state index contributed by atoms with van der Waals surface area (Å²) in [5, 5.41) is 13.3. The third-order valence-corrected chi connectivity index (χ3v) is 8.85. The standard InChI is InChI=1S/C30H43ClN2O5S/c1-2-3-4-5-6-7-8-13-20-38-21-14-19-32-30(35)25-17-11-12-18-28(25)39(36,37)33-27-22-26(31)29(34)24-16-10-9-15-23(24)27/h11-12,17-18,22,33-34H,2-10,13-16,19-21H2,1H3,(H,32,35). The highest BCUT2D eigenvalue weighted by molar-refractivity contribution is 7.92. The number of carbonyl (C=O) groups excluding carboxylic acids is 1. The van der Waals surface area contributed by atoms with Crippen molar-refractivity contribution in [3.63, 3.8) is 0 Å². The number of unbranched alkanes of at least 4 members (excludes halogenated alkanes) is 7. The van der Waals surface area contributed by atoms with Gasteiger partial charge in [-0.25, -0.2) is 8.42 Å². The number of ether oxygens (including phenoxy) is 1. The van der Waals surface area contributed by atoms with E-state index in [9.17, 15) is 18.3 Å². The summed E-state index contributed by atoms with van der Waals surface area (Å²) >= 11 is 6.19. The molecular formula is C30H43ClN2O5S. The van der Waals surface area contributed by atoms with Crippen LogP contribution in [0.15, 0.2) is 35.2 Å². The number of hydrogen-bond donors (Lipinski definition) is 3. The van der Waals surface area contributed by atoms with Crippen LogP contribution in [0.1, 0.15) is 99.0 Å². The third-order valence-electron chi connectivity index (χ3n) is 7.13. The van der Waals surface area contributed by atoms with Crippen LogP contribution in [-0.2, 0) is 27.6 Å². The minimum absolute atomic E-state index is 0.0101. The second-order valence-electron chi connectivity index (χ2n) is 10.2. The summed E-state index contributed by atoms with van der Waals surface area (Å²) in [7, 11) is -4.09. The highest BCUT2D eigenvalue weighted by Gasteiger charge is 2.26. The van der Waals surface area contributed by atoms with Crippen LogP contribution in [-0.4, -0.2) is 39.2 Å². The molecule has 2 aromatic rings. The molecule has 0 unspecified atom stereocenters. The summed E-state index contributed by atoms with van der Waals surface area (Å²) in [4.78, 5) is 12.8. The Morgan fingerprint density at radius 3 is 2.33 bits per heavy atom. The van der Waals surface area contributed by atoms with Gasteiger partial charge in [-0.1, -0.05) is 75.6 Å². The second-order valence-corrected chi connectivity index (χ2v) is 12.3. The van der Waals surface area contributed by atoms with Gasteiger partial charge in [-0.3, -0.25) is 9.52 Å². The van der Waals surface area contributed by atoms with E-state index in [1.807, 2.05) is 0 Å². The second kappa shape index (κ2) is 16.1. The van der Waals surface area contributed by atoms with Crippen LogP contribution >= 0.6 is 11.6 Å². The van der Waals surface area contributed by atoms with Gasteiger partial charge >= 0.3 is 0 Å². The normalized spacial score (nSPS) is 13.2. The van der Waals surface area contributed by atoms with Crippen molar-refractivity contribution >= 4 is 33.2 Å². The van der Waals surface area contributed by atoms with Gasteiger partial charge < -0.3 is 15.2 Å². The van der Waals surface area contributed by atoms with Gasteiger partial charge in [0.15, 0.2) is 0 Å². The first-order chi connectivity index (χ1) is 18.8. The average molecular weight is 579 g/mol. The molecule has 0 saturated carbocycles. The Hall–Kier alpha value is -2.29. The zero-order valence-electron chi connectivity index (χ0n) is 23.1. The minimum Gasteiger partial charge on any atom is -0.506 e. The molecule has 216 valence electrons. The van der Waals surface area contributed by atoms with Crippen LogP contribution in [0.4, 0.5) is 5.69 Å². The van der Waals surface area contributed by atoms with Crippen molar-refractivity contribution < 1.29 is 23.1 Å². The molecule has 0 spiro atoms. The van der Waals surface area contributed by atoms with E-state index in [-0.39, 0.29) is 21.2 Å². The Kier molecular flexibility index (Phi) is 12.9. The van der Waals surface area contributed by atoms with Gasteiger partial charge in [0, 0.05) is 25.3 Å². The number of benzene rings is 2. The van der Waals surface area contributed by atoms with Crippen molar-refractivity contribution in [3.05, 3.63) is 52.0 Å². The quantitative estimate of drug-likeness (QED) is 0.138. The molecule has 0 aliphatic heterocycles. The fraction of sp³-hybridized carbons (Fsp3) is 0.567. The molecular weight excluding hydrogens is 536 g/mol. The molecule has 9 heteroatoms. The summed E-state index contributed by atoms with van der Waals surface area (Å²) in [6, 6.07) is 7.58. The molecule has 0 fully saturated rings. The van der Waals surface area contributed by atoms with Crippen molar-refractivity contribution in [3.8, 4) is 5.75 Å². The predicted octanol–water partition coefficient (Wildman–Crippen LogP) is 7.00. The Bertz CT molecular complexity index is 1190. The summed E-state index contributed by atoms with van der Waals surface area (Å²) in [5.41, 5.74) is 1.85. The van der Waals surface area contributed by atoms with E-state index < -0.39 is 15.9 Å². The smallest absolute Gasteiger partial charge is 0.262 e. The zero-order chi connectivity index (χ0) is 28.1. The molecule has 0 radical (unpaired) electrons. The summed E-state index contributed by atoms with van der Waals surface area (Å²) < 4.78 is 35.1. The van der Waals surface area contributed by atoms with E-state index in [1.54, 1.807) is 12.1 Å². The topological polar surface area (TPSA) is 105 Å². The molecule has 7 nitrogen and oxygen atoms in total. The number of rotatable bonds is 17. The van der Waals surface area contributed by atoms with E-state index in [0.717, 1.165) is 31.4 Å². The first-order valence-corrected chi connectivity index (χ1v) is 16.2. The number of amides is 1. The SMILES string of the molecule is CCCCCCCCCCOCCCNC(=O)c1ccccc1S(=O)(=O)Nc1cc(Cl)c(O)c2c1CCCC2. The maximum absolute atomic E-state index is 13.4. The lowest BCUT2D eigenvalue weighted by molar-refractivity contribution is 0.0936. The molecule has 0 saturated heterocycles. The lowest BCUT2D eigenvalue weighted by atomic mass is 9.90. The van der Waals surface area contributed by atoms with E-state index in [4.69, 9.17) is 16.3 Å². The molecule has 1 aliphatic carbocycles. The predicted molar refractivity (Wildman–Crippen MR) is 157 cm³/mol. The fourth-order valence-corrected chi connectivity index (χ4v) is 6.49. The van der Waals surface area contributed by atoms with Crippen molar-refractivity contribution in [1.82, 2.24) is 5.32 Å². The molecule has 1 amide bonds. The molecule has 3 rings (SSSR count). The number of anilines is 1. The van der Waals surface area contributed by atoms with Crippen LogP contribution < -0.4 is 10.0 Å². The largest absolute Gasteiger partial charge is 0.506 e. The summed E-state index contributed by atoms with van der Waals surface area (Å²) in [5.74, 6) is -0.444. The summed E-state index contributed by atoms with van der Waals surface area (Å²) in [6.45, 7) is 3.89. The van der Waals surface area contributed by atoms with Crippen molar-refractivity contribution in [2.45, 2.75) is 95.3 Å². The maximum Gasteiger partial charge on any atom is 0.262 e. The molecule has 0 bridgehead atoms.